The molecule has 2 atom stereocenters. The first-order valence-corrected chi connectivity index (χ1v) is 10.5. The minimum atomic E-state index is -0.547. The summed E-state index contributed by atoms with van der Waals surface area (Å²) in [4.78, 5) is 18.8. The van der Waals surface area contributed by atoms with Gasteiger partial charge in [-0.3, -0.25) is 0 Å². The highest BCUT2D eigenvalue weighted by molar-refractivity contribution is 5.80. The van der Waals surface area contributed by atoms with Crippen molar-refractivity contribution in [3.8, 4) is 0 Å². The summed E-state index contributed by atoms with van der Waals surface area (Å²) in [5.41, 5.74) is -0.547. The first kappa shape index (κ1) is 24.9. The second-order valence-corrected chi connectivity index (χ2v) is 8.57. The number of nitrogens with one attached hydrogen (secondary N) is 2. The quantitative estimate of drug-likeness (QED) is 0.348. The normalized spacial score (nSPS) is 19.6. The van der Waals surface area contributed by atoms with Crippen molar-refractivity contribution in [3.63, 3.8) is 0 Å². The topological polar surface area (TPSA) is 115 Å². The zero-order valence-corrected chi connectivity index (χ0v) is 19.8. The molecule has 1 amide bonds. The molecule has 2 heterocycles. The second kappa shape index (κ2) is 11.3. The Balaban J connectivity index is 2.07. The van der Waals surface area contributed by atoms with Crippen LogP contribution in [-0.2, 0) is 27.8 Å². The Labute approximate surface area is 184 Å². The summed E-state index contributed by atoms with van der Waals surface area (Å²) in [5, 5.41) is 15.0. The van der Waals surface area contributed by atoms with Crippen LogP contribution in [-0.4, -0.2) is 89.9 Å². The van der Waals surface area contributed by atoms with Crippen LogP contribution < -0.4 is 10.6 Å². The lowest BCUT2D eigenvalue weighted by Gasteiger charge is -2.24. The third-order valence-electron chi connectivity index (χ3n) is 4.92. The van der Waals surface area contributed by atoms with Crippen LogP contribution in [0.4, 0.5) is 4.79 Å². The van der Waals surface area contributed by atoms with Crippen molar-refractivity contribution in [2.75, 3.05) is 40.5 Å². The molecule has 0 aromatic carbocycles. The zero-order valence-electron chi connectivity index (χ0n) is 19.8. The van der Waals surface area contributed by atoms with E-state index in [9.17, 15) is 4.79 Å². The number of guanidine groups is 1. The predicted octanol–water partition coefficient (Wildman–Crippen LogP) is 0.830. The molecule has 1 aliphatic rings. The van der Waals surface area contributed by atoms with Gasteiger partial charge >= 0.3 is 6.09 Å². The molecule has 31 heavy (non-hydrogen) atoms. The molecule has 1 aromatic heterocycles. The highest BCUT2D eigenvalue weighted by atomic mass is 16.6. The fourth-order valence-electron chi connectivity index (χ4n) is 3.12. The van der Waals surface area contributed by atoms with E-state index in [0.29, 0.717) is 38.7 Å². The van der Waals surface area contributed by atoms with E-state index >= 15 is 0 Å². The number of aliphatic imine (C=N–C) groups is 1. The molecule has 1 saturated heterocycles. The van der Waals surface area contributed by atoms with E-state index < -0.39 is 5.60 Å². The molecule has 2 rings (SSSR count). The van der Waals surface area contributed by atoms with E-state index in [-0.39, 0.29) is 18.2 Å². The number of carbonyl (C=O) groups is 1. The van der Waals surface area contributed by atoms with Crippen LogP contribution in [0, 0.1) is 6.92 Å². The fourth-order valence-corrected chi connectivity index (χ4v) is 3.12. The van der Waals surface area contributed by atoms with Crippen LogP contribution in [0.25, 0.3) is 0 Å². The van der Waals surface area contributed by atoms with E-state index in [1.54, 1.807) is 19.1 Å². The maximum absolute atomic E-state index is 12.5. The molecular weight excluding hydrogens is 402 g/mol. The number of rotatable bonds is 8. The van der Waals surface area contributed by atoms with Crippen molar-refractivity contribution in [3.05, 3.63) is 11.6 Å². The average Bonchev–Trinajstić information content (AvgIpc) is 3.25. The van der Waals surface area contributed by atoms with Crippen LogP contribution in [0.5, 0.6) is 0 Å². The number of likely N-dealkylation sites (tertiary alicyclic amines) is 1. The van der Waals surface area contributed by atoms with E-state index in [2.05, 4.69) is 25.8 Å². The minimum Gasteiger partial charge on any atom is -0.444 e. The molecule has 0 bridgehead atoms. The zero-order chi connectivity index (χ0) is 23.0. The summed E-state index contributed by atoms with van der Waals surface area (Å²) in [7, 11) is 5.23. The molecule has 0 saturated carbocycles. The highest BCUT2D eigenvalue weighted by Crippen LogP contribution is 2.17. The smallest absolute Gasteiger partial charge is 0.410 e. The van der Waals surface area contributed by atoms with Gasteiger partial charge in [0.15, 0.2) is 11.8 Å². The van der Waals surface area contributed by atoms with Crippen LogP contribution in [0.1, 0.15) is 38.8 Å². The minimum absolute atomic E-state index is 0.132. The number of nitrogens with zero attached hydrogens (tertiary/aromatic N) is 5. The van der Waals surface area contributed by atoms with E-state index in [1.165, 1.54) is 0 Å². The van der Waals surface area contributed by atoms with Crippen molar-refractivity contribution in [2.45, 2.75) is 58.4 Å². The summed E-state index contributed by atoms with van der Waals surface area (Å²) in [6, 6.07) is -0.132. The number of hydrogen-bond acceptors (Lipinski definition) is 7. The molecule has 1 unspecified atom stereocenters. The van der Waals surface area contributed by atoms with Gasteiger partial charge in [-0.05, 0) is 34.1 Å². The Morgan fingerprint density at radius 3 is 2.58 bits per heavy atom. The van der Waals surface area contributed by atoms with E-state index in [4.69, 9.17) is 14.2 Å². The third kappa shape index (κ3) is 7.66. The SMILES string of the molecule is COCCCNC(=NCc1nnc(C)n1C)NC1CN(C(=O)OC(C)(C)C)C[C@@H]1OC. The molecule has 176 valence electrons. The van der Waals surface area contributed by atoms with Gasteiger partial charge in [-0.2, -0.15) is 0 Å². The predicted molar refractivity (Wildman–Crippen MR) is 117 cm³/mol. The summed E-state index contributed by atoms with van der Waals surface area (Å²) in [5.74, 6) is 2.21. The monoisotopic (exact) mass is 439 g/mol. The standard InChI is InChI=1S/C20H37N7O4/c1-14-24-25-17(26(14)5)11-22-18(21-9-8-10-29-6)23-15-12-27(13-16(15)30-7)19(28)31-20(2,3)4/h15-16H,8-13H2,1-7H3,(H2,21,22,23)/t15?,16-/m0/s1. The summed E-state index contributed by atoms with van der Waals surface area (Å²) in [6.45, 7) is 10.1. The van der Waals surface area contributed by atoms with Crippen LogP contribution >= 0.6 is 0 Å². The number of ether oxygens (including phenoxy) is 3. The number of hydrogen-bond donors (Lipinski definition) is 2. The van der Waals surface area contributed by atoms with Crippen molar-refractivity contribution < 1.29 is 19.0 Å². The van der Waals surface area contributed by atoms with Crippen molar-refractivity contribution in [1.29, 1.82) is 0 Å². The van der Waals surface area contributed by atoms with Crippen LogP contribution in [0.15, 0.2) is 4.99 Å². The van der Waals surface area contributed by atoms with Crippen molar-refractivity contribution in [2.24, 2.45) is 12.0 Å². The maximum atomic E-state index is 12.5. The van der Waals surface area contributed by atoms with Gasteiger partial charge in [0.2, 0.25) is 0 Å². The second-order valence-electron chi connectivity index (χ2n) is 8.57. The molecule has 11 heteroatoms. The molecular formula is C20H37N7O4. The largest absolute Gasteiger partial charge is 0.444 e. The van der Waals surface area contributed by atoms with E-state index in [0.717, 1.165) is 18.1 Å². The fraction of sp³-hybridized carbons (Fsp3) is 0.800. The Kier molecular flexibility index (Phi) is 9.05. The lowest BCUT2D eigenvalue weighted by molar-refractivity contribution is 0.0252. The number of aromatic nitrogens is 3. The van der Waals surface area contributed by atoms with Crippen molar-refractivity contribution in [1.82, 2.24) is 30.3 Å². The lowest BCUT2D eigenvalue weighted by Crippen LogP contribution is -2.49. The number of carbonyl (C=O) groups excluding carboxylic acids is 1. The Morgan fingerprint density at radius 1 is 1.26 bits per heavy atom. The third-order valence-corrected chi connectivity index (χ3v) is 4.92. The van der Waals surface area contributed by atoms with Gasteiger partial charge in [0.05, 0.1) is 18.7 Å². The van der Waals surface area contributed by atoms with Gasteiger partial charge in [0, 0.05) is 41.0 Å². The number of methoxy groups -OCH3 is 2. The maximum Gasteiger partial charge on any atom is 0.410 e. The number of aryl methyl sites for hydroxylation is 1. The molecule has 1 fully saturated rings. The summed E-state index contributed by atoms with van der Waals surface area (Å²) in [6.07, 6.45) is 0.304. The Morgan fingerprint density at radius 2 is 2.00 bits per heavy atom. The Bertz CT molecular complexity index is 744. The molecule has 11 nitrogen and oxygen atoms in total. The molecule has 0 aliphatic carbocycles. The van der Waals surface area contributed by atoms with Crippen LogP contribution in [0.2, 0.25) is 0 Å². The summed E-state index contributed by atoms with van der Waals surface area (Å²) >= 11 is 0. The van der Waals surface area contributed by atoms with Gasteiger partial charge in [-0.15, -0.1) is 10.2 Å². The highest BCUT2D eigenvalue weighted by Gasteiger charge is 2.37. The average molecular weight is 440 g/mol. The van der Waals surface area contributed by atoms with Gasteiger partial charge in [0.25, 0.3) is 0 Å². The Hall–Kier alpha value is -2.40. The van der Waals surface area contributed by atoms with Gasteiger partial charge in [-0.25, -0.2) is 9.79 Å². The van der Waals surface area contributed by atoms with E-state index in [1.807, 2.05) is 39.3 Å². The number of amides is 1. The van der Waals surface area contributed by atoms with Gasteiger partial charge in [-0.1, -0.05) is 0 Å². The molecule has 1 aromatic rings. The van der Waals surface area contributed by atoms with Crippen LogP contribution in [0.3, 0.4) is 0 Å². The molecule has 0 radical (unpaired) electrons. The van der Waals surface area contributed by atoms with Crippen molar-refractivity contribution >= 4 is 12.1 Å². The molecule has 1 aliphatic heterocycles. The lowest BCUT2D eigenvalue weighted by atomic mass is 10.2. The van der Waals surface area contributed by atoms with Gasteiger partial charge < -0.3 is 34.3 Å². The molecule has 0 spiro atoms. The first-order chi connectivity index (χ1) is 14.6. The summed E-state index contributed by atoms with van der Waals surface area (Å²) < 4.78 is 18.2. The van der Waals surface area contributed by atoms with Gasteiger partial charge in [0.1, 0.15) is 18.0 Å². The first-order valence-electron chi connectivity index (χ1n) is 10.5. The molecule has 2 N–H and O–H groups in total.